The predicted molar refractivity (Wildman–Crippen MR) is 96.5 cm³/mol. The molecule has 0 radical (unpaired) electrons. The van der Waals surface area contributed by atoms with E-state index < -0.39 is 0 Å². The monoisotopic (exact) mass is 370 g/mol. The number of carbonyl (C=O) groups excluding carboxylic acids is 1. The number of benzene rings is 2. The molecule has 0 unspecified atom stereocenters. The summed E-state index contributed by atoms with van der Waals surface area (Å²) in [6.07, 6.45) is 2.25. The van der Waals surface area contributed by atoms with Crippen LogP contribution in [-0.4, -0.2) is 17.7 Å². The van der Waals surface area contributed by atoms with Gasteiger partial charge in [0.1, 0.15) is 0 Å². The second kappa shape index (κ2) is 7.09. The van der Waals surface area contributed by atoms with Crippen molar-refractivity contribution in [3.63, 3.8) is 0 Å². The zero-order valence-corrected chi connectivity index (χ0v) is 14.5. The number of oxazole rings is 1. The fourth-order valence-corrected chi connectivity index (χ4v) is 2.86. The number of nitrogens with one attached hydrogen (secondary N) is 1. The first-order valence-corrected chi connectivity index (χ1v) is 8.46. The first-order valence-electron chi connectivity index (χ1n) is 8.08. The Hall–Kier alpha value is -2.99. The van der Waals surface area contributed by atoms with Crippen molar-refractivity contribution in [1.82, 2.24) is 4.98 Å². The second-order valence-corrected chi connectivity index (χ2v) is 6.12. The van der Waals surface area contributed by atoms with Crippen molar-refractivity contribution < 1.29 is 18.7 Å². The average molecular weight is 371 g/mol. The minimum Gasteiger partial charge on any atom is -0.454 e. The number of hydrogen-bond donors (Lipinski definition) is 1. The molecule has 0 bridgehead atoms. The van der Waals surface area contributed by atoms with Crippen molar-refractivity contribution in [2.75, 3.05) is 12.1 Å². The van der Waals surface area contributed by atoms with Crippen LogP contribution in [0.1, 0.15) is 12.3 Å². The number of ether oxygens (including phenoxy) is 2. The van der Waals surface area contributed by atoms with Crippen molar-refractivity contribution in [2.45, 2.75) is 12.8 Å². The van der Waals surface area contributed by atoms with E-state index in [0.717, 1.165) is 5.56 Å². The molecule has 1 aromatic heterocycles. The van der Waals surface area contributed by atoms with E-state index in [0.29, 0.717) is 40.3 Å². The topological polar surface area (TPSA) is 73.6 Å². The van der Waals surface area contributed by atoms with Crippen molar-refractivity contribution in [2.24, 2.45) is 0 Å². The quantitative estimate of drug-likeness (QED) is 0.725. The molecule has 26 heavy (non-hydrogen) atoms. The normalized spacial score (nSPS) is 12.2. The predicted octanol–water partition coefficient (Wildman–Crippen LogP) is 4.30. The number of hydrogen-bond acceptors (Lipinski definition) is 5. The maximum Gasteiger partial charge on any atom is 0.231 e. The third-order valence-electron chi connectivity index (χ3n) is 3.92. The van der Waals surface area contributed by atoms with Crippen LogP contribution < -0.4 is 14.8 Å². The second-order valence-electron chi connectivity index (χ2n) is 5.71. The zero-order chi connectivity index (χ0) is 17.9. The van der Waals surface area contributed by atoms with Crippen LogP contribution in [-0.2, 0) is 11.2 Å². The van der Waals surface area contributed by atoms with Crippen LogP contribution in [0.4, 0.5) is 5.69 Å². The van der Waals surface area contributed by atoms with E-state index in [4.69, 9.17) is 25.5 Å². The maximum atomic E-state index is 12.1. The van der Waals surface area contributed by atoms with Crippen LogP contribution in [0, 0.1) is 0 Å². The minimum absolute atomic E-state index is 0.138. The Morgan fingerprint density at radius 2 is 2.00 bits per heavy atom. The summed E-state index contributed by atoms with van der Waals surface area (Å²) >= 11 is 6.16. The third-order valence-corrected chi connectivity index (χ3v) is 4.24. The van der Waals surface area contributed by atoms with E-state index in [9.17, 15) is 4.79 Å². The zero-order valence-electron chi connectivity index (χ0n) is 13.7. The molecule has 3 aromatic rings. The molecule has 2 heterocycles. The number of nitrogens with zero attached hydrogens (tertiary/aromatic N) is 1. The highest BCUT2D eigenvalue weighted by molar-refractivity contribution is 6.33. The fourth-order valence-electron chi connectivity index (χ4n) is 2.63. The number of fused-ring (bicyclic) bond motifs is 1. The number of carbonyl (C=O) groups is 1. The van der Waals surface area contributed by atoms with Crippen LogP contribution in [0.25, 0.3) is 11.3 Å². The molecule has 0 atom stereocenters. The Bertz CT molecular complexity index is 954. The van der Waals surface area contributed by atoms with Crippen LogP contribution in [0.2, 0.25) is 5.02 Å². The summed E-state index contributed by atoms with van der Waals surface area (Å²) in [6, 6.07) is 12.7. The molecule has 132 valence electrons. The molecule has 6 nitrogen and oxygen atoms in total. The van der Waals surface area contributed by atoms with E-state index in [1.165, 1.54) is 0 Å². The molecule has 1 N–H and O–H groups in total. The van der Waals surface area contributed by atoms with Gasteiger partial charge in [0.05, 0.1) is 11.2 Å². The molecule has 0 saturated heterocycles. The molecule has 7 heteroatoms. The lowest BCUT2D eigenvalue weighted by Crippen LogP contribution is -2.12. The van der Waals surface area contributed by atoms with Gasteiger partial charge in [-0.2, -0.15) is 0 Å². The van der Waals surface area contributed by atoms with Crippen molar-refractivity contribution in [3.8, 4) is 22.8 Å². The SMILES string of the molecule is O=C(CCc1ncc(-c2ccccc2Cl)o1)Nc1ccc2c(c1)OCO2. The Kier molecular flexibility index (Phi) is 4.50. The summed E-state index contributed by atoms with van der Waals surface area (Å²) in [5, 5.41) is 3.42. The number of aromatic nitrogens is 1. The molecule has 1 amide bonds. The average Bonchev–Trinajstić information content (AvgIpc) is 3.29. The minimum atomic E-state index is -0.138. The summed E-state index contributed by atoms with van der Waals surface area (Å²) in [5.41, 5.74) is 1.43. The van der Waals surface area contributed by atoms with E-state index >= 15 is 0 Å². The molecule has 0 spiro atoms. The summed E-state index contributed by atoms with van der Waals surface area (Å²) < 4.78 is 16.2. The smallest absolute Gasteiger partial charge is 0.231 e. The highest BCUT2D eigenvalue weighted by atomic mass is 35.5. The van der Waals surface area contributed by atoms with Crippen LogP contribution >= 0.6 is 11.6 Å². The molecular formula is C19H15ClN2O4. The van der Waals surface area contributed by atoms with Crippen molar-refractivity contribution in [3.05, 3.63) is 59.6 Å². The van der Waals surface area contributed by atoms with E-state index in [2.05, 4.69) is 10.3 Å². The number of aryl methyl sites for hydroxylation is 1. The van der Waals surface area contributed by atoms with Gasteiger partial charge in [0.25, 0.3) is 0 Å². The Morgan fingerprint density at radius 3 is 2.88 bits per heavy atom. The van der Waals surface area contributed by atoms with Crippen LogP contribution in [0.5, 0.6) is 11.5 Å². The third kappa shape index (κ3) is 3.50. The van der Waals surface area contributed by atoms with Gasteiger partial charge in [-0.05, 0) is 24.3 Å². The lowest BCUT2D eigenvalue weighted by atomic mass is 10.2. The molecule has 1 aliphatic rings. The fraction of sp³-hybridized carbons (Fsp3) is 0.158. The largest absolute Gasteiger partial charge is 0.454 e. The standard InChI is InChI=1S/C19H15ClN2O4/c20-14-4-2-1-3-13(14)17-10-21-19(26-17)8-7-18(23)22-12-5-6-15-16(9-12)25-11-24-15/h1-6,9-10H,7-8,11H2,(H,22,23). The van der Waals surface area contributed by atoms with Crippen LogP contribution in [0.15, 0.2) is 53.1 Å². The first-order chi connectivity index (χ1) is 12.7. The molecule has 0 aliphatic carbocycles. The van der Waals surface area contributed by atoms with E-state index in [1.807, 2.05) is 18.2 Å². The van der Waals surface area contributed by atoms with Gasteiger partial charge >= 0.3 is 0 Å². The van der Waals surface area contributed by atoms with E-state index in [1.54, 1.807) is 30.5 Å². The van der Waals surface area contributed by atoms with Gasteiger partial charge in [-0.1, -0.05) is 23.7 Å². The van der Waals surface area contributed by atoms with Gasteiger partial charge in [0.15, 0.2) is 23.1 Å². The van der Waals surface area contributed by atoms with Crippen LogP contribution in [0.3, 0.4) is 0 Å². The van der Waals surface area contributed by atoms with Gasteiger partial charge < -0.3 is 19.2 Å². The van der Waals surface area contributed by atoms with Gasteiger partial charge in [-0.3, -0.25) is 4.79 Å². The highest BCUT2D eigenvalue weighted by Crippen LogP contribution is 2.34. The summed E-state index contributed by atoms with van der Waals surface area (Å²) in [7, 11) is 0. The summed E-state index contributed by atoms with van der Waals surface area (Å²) in [6.45, 7) is 0.199. The number of halogens is 1. The lowest BCUT2D eigenvalue weighted by Gasteiger charge is -2.05. The molecule has 0 fully saturated rings. The summed E-state index contributed by atoms with van der Waals surface area (Å²) in [5.74, 6) is 2.23. The molecule has 1 aliphatic heterocycles. The molecular weight excluding hydrogens is 356 g/mol. The highest BCUT2D eigenvalue weighted by Gasteiger charge is 2.15. The summed E-state index contributed by atoms with van der Waals surface area (Å²) in [4.78, 5) is 16.4. The van der Waals surface area contributed by atoms with Gasteiger partial charge in [0, 0.05) is 30.2 Å². The first kappa shape index (κ1) is 16.5. The number of amides is 1. The van der Waals surface area contributed by atoms with Crippen molar-refractivity contribution >= 4 is 23.2 Å². The molecule has 0 saturated carbocycles. The lowest BCUT2D eigenvalue weighted by molar-refractivity contribution is -0.116. The Balaban J connectivity index is 1.36. The Morgan fingerprint density at radius 1 is 1.15 bits per heavy atom. The molecule has 4 rings (SSSR count). The van der Waals surface area contributed by atoms with E-state index in [-0.39, 0.29) is 19.1 Å². The molecule has 2 aromatic carbocycles. The van der Waals surface area contributed by atoms with Gasteiger partial charge in [0.2, 0.25) is 12.7 Å². The van der Waals surface area contributed by atoms with Gasteiger partial charge in [-0.15, -0.1) is 0 Å². The van der Waals surface area contributed by atoms with Crippen molar-refractivity contribution in [1.29, 1.82) is 0 Å². The van der Waals surface area contributed by atoms with Gasteiger partial charge in [-0.25, -0.2) is 4.98 Å². The Labute approximate surface area is 154 Å². The maximum absolute atomic E-state index is 12.1. The number of anilines is 1. The number of rotatable bonds is 5.